The predicted molar refractivity (Wildman–Crippen MR) is 30.6 cm³/mol. The Morgan fingerprint density at radius 1 is 1.78 bits per heavy atom. The van der Waals surface area contributed by atoms with Crippen molar-refractivity contribution in [3.8, 4) is 0 Å². The second-order valence-corrected chi connectivity index (χ2v) is 1.51. The normalized spacial score (nSPS) is 15.3. The molecule has 1 heterocycles. The van der Waals surface area contributed by atoms with E-state index in [0.717, 1.165) is 0 Å². The minimum Gasteiger partial charge on any atom is -0.390 e. The van der Waals surface area contributed by atoms with Crippen LogP contribution in [0.4, 0.5) is 0 Å². The van der Waals surface area contributed by atoms with Crippen LogP contribution in [0.15, 0.2) is 24.1 Å². The number of hydroxylamine groups is 1. The van der Waals surface area contributed by atoms with E-state index < -0.39 is 5.91 Å². The number of nitrogens with one attached hydrogen (secondary N) is 1. The third kappa shape index (κ3) is 1.22. The van der Waals surface area contributed by atoms with E-state index in [-0.39, 0.29) is 0 Å². The van der Waals surface area contributed by atoms with Crippen molar-refractivity contribution < 1.29 is 9.63 Å². The Bertz CT molecular complexity index is 183. The summed E-state index contributed by atoms with van der Waals surface area (Å²) in [6, 6.07) is 0. The van der Waals surface area contributed by atoms with Crippen molar-refractivity contribution >= 4 is 5.91 Å². The molecule has 1 amide bonds. The number of hydrogen-bond acceptors (Lipinski definition) is 3. The summed E-state index contributed by atoms with van der Waals surface area (Å²) < 4.78 is 0. The minimum atomic E-state index is -0.493. The first-order valence-electron chi connectivity index (χ1n) is 2.38. The average Bonchev–Trinajstić information content (AvgIpc) is 1.90. The fraction of sp³-hybridized carbons (Fsp3) is 0. The Labute approximate surface area is 51.9 Å². The molecule has 0 aromatic heterocycles. The summed E-state index contributed by atoms with van der Waals surface area (Å²) in [7, 11) is 0. The maximum Gasteiger partial charge on any atom is 0.251 e. The Balaban J connectivity index is 2.69. The van der Waals surface area contributed by atoms with Gasteiger partial charge in [0.2, 0.25) is 0 Å². The Kier molecular flexibility index (Phi) is 1.40. The van der Waals surface area contributed by atoms with E-state index in [4.69, 9.17) is 5.73 Å². The highest BCUT2D eigenvalue weighted by atomic mass is 16.6. The Hall–Kier alpha value is -1.45. The van der Waals surface area contributed by atoms with Gasteiger partial charge in [0.15, 0.2) is 0 Å². The van der Waals surface area contributed by atoms with E-state index in [1.165, 1.54) is 18.5 Å². The zero-order valence-electron chi connectivity index (χ0n) is 4.63. The van der Waals surface area contributed by atoms with Crippen molar-refractivity contribution in [2.24, 2.45) is 5.73 Å². The molecule has 0 bridgehead atoms. The van der Waals surface area contributed by atoms with Gasteiger partial charge in [-0.3, -0.25) is 4.79 Å². The van der Waals surface area contributed by atoms with Crippen molar-refractivity contribution in [1.29, 1.82) is 0 Å². The van der Waals surface area contributed by atoms with Crippen LogP contribution in [0.3, 0.4) is 0 Å². The molecule has 0 atom stereocenters. The number of amides is 1. The van der Waals surface area contributed by atoms with Gasteiger partial charge in [0.25, 0.3) is 5.91 Å². The lowest BCUT2D eigenvalue weighted by Crippen LogP contribution is -2.17. The molecule has 1 rings (SSSR count). The summed E-state index contributed by atoms with van der Waals surface area (Å²) >= 11 is 0. The molecule has 0 fully saturated rings. The highest BCUT2D eigenvalue weighted by molar-refractivity contribution is 5.94. The van der Waals surface area contributed by atoms with Crippen molar-refractivity contribution in [2.45, 2.75) is 0 Å². The Morgan fingerprint density at radius 2 is 2.56 bits per heavy atom. The largest absolute Gasteiger partial charge is 0.390 e. The zero-order chi connectivity index (χ0) is 6.69. The molecular formula is C5H6N2O2. The van der Waals surface area contributed by atoms with Gasteiger partial charge in [-0.2, -0.15) is 0 Å². The molecule has 0 aliphatic carbocycles. The highest BCUT2D eigenvalue weighted by Crippen LogP contribution is 1.98. The quantitative estimate of drug-likeness (QED) is 0.493. The topological polar surface area (TPSA) is 64.4 Å². The van der Waals surface area contributed by atoms with Crippen LogP contribution in [-0.2, 0) is 9.63 Å². The van der Waals surface area contributed by atoms with Gasteiger partial charge in [0.05, 0.1) is 5.57 Å². The summed E-state index contributed by atoms with van der Waals surface area (Å²) in [5.41, 5.74) is 7.66. The van der Waals surface area contributed by atoms with Crippen LogP contribution < -0.4 is 11.2 Å². The van der Waals surface area contributed by atoms with Crippen LogP contribution in [0, 0.1) is 0 Å². The molecule has 3 N–H and O–H groups in total. The van der Waals surface area contributed by atoms with Gasteiger partial charge in [-0.05, 0) is 6.08 Å². The molecule has 48 valence electrons. The van der Waals surface area contributed by atoms with Gasteiger partial charge in [-0.15, -0.1) is 0 Å². The number of carbonyl (C=O) groups is 1. The molecular weight excluding hydrogens is 120 g/mol. The standard InChI is InChI=1S/C5H6N2O2/c6-5(8)4-1-2-7-9-3-4/h1-3,7H,(H2,6,8). The molecule has 4 nitrogen and oxygen atoms in total. The first-order valence-corrected chi connectivity index (χ1v) is 2.38. The van der Waals surface area contributed by atoms with Crippen molar-refractivity contribution in [2.75, 3.05) is 0 Å². The first-order chi connectivity index (χ1) is 4.30. The van der Waals surface area contributed by atoms with E-state index in [1.54, 1.807) is 0 Å². The number of carbonyl (C=O) groups excluding carboxylic acids is 1. The molecule has 0 spiro atoms. The average molecular weight is 126 g/mol. The van der Waals surface area contributed by atoms with Crippen LogP contribution in [-0.4, -0.2) is 5.91 Å². The van der Waals surface area contributed by atoms with Crippen LogP contribution in [0.2, 0.25) is 0 Å². The van der Waals surface area contributed by atoms with Gasteiger partial charge in [-0.1, -0.05) is 0 Å². The smallest absolute Gasteiger partial charge is 0.251 e. The number of rotatable bonds is 1. The van der Waals surface area contributed by atoms with Crippen LogP contribution >= 0.6 is 0 Å². The summed E-state index contributed by atoms with van der Waals surface area (Å²) in [6.45, 7) is 0. The van der Waals surface area contributed by atoms with Crippen LogP contribution in [0.5, 0.6) is 0 Å². The number of primary amides is 1. The van der Waals surface area contributed by atoms with Gasteiger partial charge >= 0.3 is 0 Å². The van der Waals surface area contributed by atoms with Gasteiger partial charge in [-0.25, -0.2) is 5.48 Å². The summed E-state index contributed by atoms with van der Waals surface area (Å²) in [4.78, 5) is 14.9. The molecule has 0 unspecified atom stereocenters. The summed E-state index contributed by atoms with van der Waals surface area (Å²) in [6.07, 6.45) is 4.27. The SMILES string of the molecule is NC(=O)C1=CONC=C1. The zero-order valence-corrected chi connectivity index (χ0v) is 4.63. The second kappa shape index (κ2) is 2.21. The third-order valence-corrected chi connectivity index (χ3v) is 0.869. The van der Waals surface area contributed by atoms with Crippen LogP contribution in [0.25, 0.3) is 0 Å². The number of hydrogen-bond donors (Lipinski definition) is 2. The van der Waals surface area contributed by atoms with E-state index in [0.29, 0.717) is 5.57 Å². The molecule has 0 aromatic carbocycles. The lowest BCUT2D eigenvalue weighted by molar-refractivity contribution is -0.114. The molecule has 9 heavy (non-hydrogen) atoms. The molecule has 0 saturated carbocycles. The highest BCUT2D eigenvalue weighted by Gasteiger charge is 2.02. The molecule has 0 saturated heterocycles. The minimum absolute atomic E-state index is 0.355. The molecule has 1 aliphatic heterocycles. The van der Waals surface area contributed by atoms with E-state index >= 15 is 0 Å². The Morgan fingerprint density at radius 3 is 2.89 bits per heavy atom. The van der Waals surface area contributed by atoms with Crippen LogP contribution in [0.1, 0.15) is 0 Å². The fourth-order valence-corrected chi connectivity index (χ4v) is 0.440. The second-order valence-electron chi connectivity index (χ2n) is 1.51. The van der Waals surface area contributed by atoms with E-state index in [1.807, 2.05) is 0 Å². The fourth-order valence-electron chi connectivity index (χ4n) is 0.440. The van der Waals surface area contributed by atoms with Crippen molar-refractivity contribution in [3.63, 3.8) is 0 Å². The molecule has 0 aromatic rings. The van der Waals surface area contributed by atoms with Gasteiger partial charge in [0.1, 0.15) is 6.26 Å². The monoisotopic (exact) mass is 126 g/mol. The molecule has 4 heteroatoms. The maximum absolute atomic E-state index is 10.3. The van der Waals surface area contributed by atoms with Gasteiger partial charge in [0, 0.05) is 6.20 Å². The van der Waals surface area contributed by atoms with Crippen molar-refractivity contribution in [1.82, 2.24) is 5.48 Å². The van der Waals surface area contributed by atoms with Crippen molar-refractivity contribution in [3.05, 3.63) is 24.1 Å². The summed E-state index contributed by atoms with van der Waals surface area (Å²) in [5, 5.41) is 0. The van der Waals surface area contributed by atoms with Gasteiger partial charge < -0.3 is 10.6 Å². The predicted octanol–water partition coefficient (Wildman–Crippen LogP) is -0.596. The molecule has 1 aliphatic rings. The lowest BCUT2D eigenvalue weighted by atomic mass is 10.3. The van der Waals surface area contributed by atoms with E-state index in [2.05, 4.69) is 10.3 Å². The summed E-state index contributed by atoms with van der Waals surface area (Å²) in [5.74, 6) is -0.493. The lowest BCUT2D eigenvalue weighted by Gasteiger charge is -2.04. The maximum atomic E-state index is 10.3. The number of nitrogens with two attached hydrogens (primary N) is 1. The molecule has 0 radical (unpaired) electrons. The first kappa shape index (κ1) is 5.68. The van der Waals surface area contributed by atoms with E-state index in [9.17, 15) is 4.79 Å². The third-order valence-electron chi connectivity index (χ3n) is 0.869.